The molecule has 1 aromatic heterocycles. The lowest BCUT2D eigenvalue weighted by Crippen LogP contribution is -2.15. The molecule has 0 saturated carbocycles. The van der Waals surface area contributed by atoms with Crippen LogP contribution in [0.25, 0.3) is 21.2 Å². The molecule has 0 aliphatic carbocycles. The van der Waals surface area contributed by atoms with E-state index in [-0.39, 0.29) is 11.3 Å². The fourth-order valence-corrected chi connectivity index (χ4v) is 4.52. The Hall–Kier alpha value is -3.84. The highest BCUT2D eigenvalue weighted by atomic mass is 32.1. The van der Waals surface area contributed by atoms with Crippen LogP contribution in [0.15, 0.2) is 71.5 Å². The molecule has 0 radical (unpaired) electrons. The molecule has 0 unspecified atom stereocenters. The number of hydrogen-bond donors (Lipinski definition) is 1. The second-order valence-corrected chi connectivity index (χ2v) is 7.94. The third-order valence-corrected chi connectivity index (χ3v) is 6.12. The zero-order chi connectivity index (χ0) is 22.7. The maximum absolute atomic E-state index is 13.5. The van der Waals surface area contributed by atoms with Gasteiger partial charge in [0, 0.05) is 15.6 Å². The number of hydrogen-bond acceptors (Lipinski definition) is 6. The lowest BCUT2D eigenvalue weighted by atomic mass is 10.0. The molecule has 0 aliphatic heterocycles. The van der Waals surface area contributed by atoms with Crippen LogP contribution < -0.4 is 25.0 Å². The minimum Gasteiger partial charge on any atom is -0.497 e. The third-order valence-electron chi connectivity index (χ3n) is 5.03. The minimum atomic E-state index is -0.337. The summed E-state index contributed by atoms with van der Waals surface area (Å²) in [5, 5.41) is 3.97. The molecule has 1 heterocycles. The Balaban J connectivity index is 1.88. The van der Waals surface area contributed by atoms with E-state index in [9.17, 15) is 9.59 Å². The van der Waals surface area contributed by atoms with Gasteiger partial charge in [0.2, 0.25) is 0 Å². The average Bonchev–Trinajstić information content (AvgIpc) is 2.84. The van der Waals surface area contributed by atoms with Gasteiger partial charge in [0.15, 0.2) is 16.9 Å². The first kappa shape index (κ1) is 21.4. The van der Waals surface area contributed by atoms with Crippen molar-refractivity contribution in [1.29, 1.82) is 0 Å². The molecule has 0 fully saturated rings. The summed E-state index contributed by atoms with van der Waals surface area (Å²) >= 11 is 1.34. The highest BCUT2D eigenvalue weighted by molar-refractivity contribution is 7.22. The number of nitrogens with one attached hydrogen (secondary N) is 1. The summed E-state index contributed by atoms with van der Waals surface area (Å²) in [7, 11) is 4.63. The van der Waals surface area contributed by atoms with Crippen LogP contribution in [0.1, 0.15) is 10.4 Å². The Morgan fingerprint density at radius 2 is 1.62 bits per heavy atom. The van der Waals surface area contributed by atoms with Crippen molar-refractivity contribution >= 4 is 32.3 Å². The zero-order valence-corrected chi connectivity index (χ0v) is 18.6. The number of rotatable bonds is 6. The van der Waals surface area contributed by atoms with Gasteiger partial charge in [-0.25, -0.2) is 0 Å². The molecule has 4 aromatic rings. The predicted octanol–water partition coefficient (Wildman–Crippen LogP) is 5.21. The first-order valence-electron chi connectivity index (χ1n) is 9.79. The van der Waals surface area contributed by atoms with Crippen LogP contribution in [0.3, 0.4) is 0 Å². The number of carbonyl (C=O) groups excluding carboxylic acids is 1. The van der Waals surface area contributed by atoms with E-state index in [0.29, 0.717) is 44.3 Å². The first-order chi connectivity index (χ1) is 15.5. The van der Waals surface area contributed by atoms with Gasteiger partial charge in [0.05, 0.1) is 26.9 Å². The Bertz CT molecular complexity index is 1360. The van der Waals surface area contributed by atoms with E-state index in [0.717, 1.165) is 4.70 Å². The molecule has 1 amide bonds. The van der Waals surface area contributed by atoms with Crippen LogP contribution in [0.2, 0.25) is 0 Å². The van der Waals surface area contributed by atoms with E-state index in [4.69, 9.17) is 14.2 Å². The summed E-state index contributed by atoms with van der Waals surface area (Å²) in [4.78, 5) is 26.5. The Labute approximate surface area is 189 Å². The molecule has 0 aliphatic rings. The maximum atomic E-state index is 13.5. The van der Waals surface area contributed by atoms with E-state index in [1.54, 1.807) is 62.8 Å². The molecule has 0 atom stereocenters. The standard InChI is InChI=1S/C25H21NO5S/c1-29-17-8-6-7-16(13-17)24(28)26-25-22(15-11-12-19(30-2)20(14-15)31-3)23(27)18-9-4-5-10-21(18)32-25/h4-14H,1-3H3,(H,26,28). The number of ether oxygens (including phenoxy) is 3. The van der Waals surface area contributed by atoms with Crippen LogP contribution in [0.5, 0.6) is 17.2 Å². The third kappa shape index (κ3) is 4.02. The largest absolute Gasteiger partial charge is 0.497 e. The summed E-state index contributed by atoms with van der Waals surface area (Å²) in [6, 6.07) is 19.4. The van der Waals surface area contributed by atoms with E-state index >= 15 is 0 Å². The molecule has 4 rings (SSSR count). The van der Waals surface area contributed by atoms with Crippen LogP contribution in [-0.4, -0.2) is 27.2 Å². The molecule has 3 aromatic carbocycles. The summed E-state index contributed by atoms with van der Waals surface area (Å²) < 4.78 is 16.7. The van der Waals surface area contributed by atoms with Gasteiger partial charge in [-0.3, -0.25) is 9.59 Å². The van der Waals surface area contributed by atoms with E-state index < -0.39 is 0 Å². The summed E-state index contributed by atoms with van der Waals surface area (Å²) in [5.41, 5.74) is 1.27. The molecule has 0 spiro atoms. The van der Waals surface area contributed by atoms with Crippen molar-refractivity contribution in [2.75, 3.05) is 26.6 Å². The molecule has 7 heteroatoms. The van der Waals surface area contributed by atoms with Crippen molar-refractivity contribution < 1.29 is 19.0 Å². The van der Waals surface area contributed by atoms with Crippen LogP contribution in [-0.2, 0) is 0 Å². The fraction of sp³-hybridized carbons (Fsp3) is 0.120. The maximum Gasteiger partial charge on any atom is 0.256 e. The van der Waals surface area contributed by atoms with Gasteiger partial charge >= 0.3 is 0 Å². The monoisotopic (exact) mass is 447 g/mol. The number of methoxy groups -OCH3 is 3. The molecule has 32 heavy (non-hydrogen) atoms. The Kier molecular flexibility index (Phi) is 6.09. The van der Waals surface area contributed by atoms with Gasteiger partial charge in [-0.1, -0.05) is 24.3 Å². The molecule has 162 valence electrons. The lowest BCUT2D eigenvalue weighted by Gasteiger charge is -2.14. The van der Waals surface area contributed by atoms with Crippen molar-refractivity contribution in [2.24, 2.45) is 0 Å². The number of carbonyl (C=O) groups is 1. The number of benzene rings is 3. The summed E-state index contributed by atoms with van der Waals surface area (Å²) in [6.45, 7) is 0. The SMILES string of the molecule is COc1cccc(C(=O)Nc2sc3ccccc3c(=O)c2-c2ccc(OC)c(OC)c2)c1. The molecular weight excluding hydrogens is 426 g/mol. The van der Waals surface area contributed by atoms with Gasteiger partial charge < -0.3 is 19.5 Å². The number of fused-ring (bicyclic) bond motifs is 1. The van der Waals surface area contributed by atoms with E-state index in [1.807, 2.05) is 18.2 Å². The second kappa shape index (κ2) is 9.11. The predicted molar refractivity (Wildman–Crippen MR) is 128 cm³/mol. The van der Waals surface area contributed by atoms with Gasteiger partial charge in [0.1, 0.15) is 10.8 Å². The molecule has 1 N–H and O–H groups in total. The number of amides is 1. The van der Waals surface area contributed by atoms with Crippen LogP contribution >= 0.6 is 11.3 Å². The topological polar surface area (TPSA) is 73.9 Å². The Morgan fingerprint density at radius 3 is 2.38 bits per heavy atom. The molecule has 0 bridgehead atoms. The second-order valence-electron chi connectivity index (χ2n) is 6.89. The quantitative estimate of drug-likeness (QED) is 0.439. The summed E-state index contributed by atoms with van der Waals surface area (Å²) in [5.74, 6) is 1.28. The van der Waals surface area contributed by atoms with Gasteiger partial charge in [-0.2, -0.15) is 0 Å². The van der Waals surface area contributed by atoms with Gasteiger partial charge in [-0.15, -0.1) is 11.3 Å². The fourth-order valence-electron chi connectivity index (χ4n) is 3.42. The van der Waals surface area contributed by atoms with Crippen LogP contribution in [0.4, 0.5) is 5.00 Å². The van der Waals surface area contributed by atoms with Crippen molar-refractivity contribution in [3.63, 3.8) is 0 Å². The Morgan fingerprint density at radius 1 is 0.844 bits per heavy atom. The van der Waals surface area contributed by atoms with Crippen molar-refractivity contribution in [3.05, 3.63) is 82.5 Å². The minimum absolute atomic E-state index is 0.174. The van der Waals surface area contributed by atoms with Crippen molar-refractivity contribution in [1.82, 2.24) is 0 Å². The normalized spacial score (nSPS) is 10.6. The van der Waals surface area contributed by atoms with Crippen molar-refractivity contribution in [2.45, 2.75) is 0 Å². The van der Waals surface area contributed by atoms with Gasteiger partial charge in [-0.05, 0) is 48.0 Å². The lowest BCUT2D eigenvalue weighted by molar-refractivity contribution is 0.102. The zero-order valence-electron chi connectivity index (χ0n) is 17.8. The average molecular weight is 448 g/mol. The highest BCUT2D eigenvalue weighted by Gasteiger charge is 2.19. The smallest absolute Gasteiger partial charge is 0.256 e. The van der Waals surface area contributed by atoms with Crippen LogP contribution in [0, 0.1) is 0 Å². The highest BCUT2D eigenvalue weighted by Crippen LogP contribution is 2.37. The molecular formula is C25H21NO5S. The van der Waals surface area contributed by atoms with Gasteiger partial charge in [0.25, 0.3) is 5.91 Å². The van der Waals surface area contributed by atoms with Crippen molar-refractivity contribution in [3.8, 4) is 28.4 Å². The molecule has 6 nitrogen and oxygen atoms in total. The molecule has 0 saturated heterocycles. The van der Waals surface area contributed by atoms with E-state index in [1.165, 1.54) is 18.4 Å². The number of anilines is 1. The summed E-state index contributed by atoms with van der Waals surface area (Å²) in [6.07, 6.45) is 0. The van der Waals surface area contributed by atoms with E-state index in [2.05, 4.69) is 5.32 Å². The first-order valence-corrected chi connectivity index (χ1v) is 10.6.